The van der Waals surface area contributed by atoms with Gasteiger partial charge in [0.2, 0.25) is 10.0 Å². The maximum atomic E-state index is 13.1. The number of sulfonamides is 1. The number of hydrogen-bond acceptors (Lipinski definition) is 6. The number of ether oxygens (including phenoxy) is 2. The van der Waals surface area contributed by atoms with Crippen molar-refractivity contribution in [1.82, 2.24) is 9.29 Å². The van der Waals surface area contributed by atoms with Crippen LogP contribution in [0.1, 0.15) is 18.1 Å². The number of benzene rings is 2. The Hall–Kier alpha value is -3.21. The van der Waals surface area contributed by atoms with E-state index >= 15 is 0 Å². The van der Waals surface area contributed by atoms with Crippen molar-refractivity contribution in [2.24, 2.45) is 0 Å². The second-order valence-corrected chi connectivity index (χ2v) is 10.1. The van der Waals surface area contributed by atoms with Gasteiger partial charge < -0.3 is 19.8 Å². The number of esters is 1. The lowest BCUT2D eigenvalue weighted by Crippen LogP contribution is -2.40. The Morgan fingerprint density at radius 2 is 1.91 bits per heavy atom. The second kappa shape index (κ2) is 9.96. The fourth-order valence-electron chi connectivity index (χ4n) is 3.85. The Balaban J connectivity index is 1.41. The van der Waals surface area contributed by atoms with Crippen LogP contribution in [0.15, 0.2) is 53.6 Å². The maximum absolute atomic E-state index is 13.1. The highest BCUT2D eigenvalue weighted by Gasteiger charge is 2.28. The maximum Gasteiger partial charge on any atom is 0.311 e. The molecular weight excluding hydrogens is 458 g/mol. The Morgan fingerprint density at radius 3 is 2.68 bits per heavy atom. The van der Waals surface area contributed by atoms with E-state index in [0.29, 0.717) is 24.5 Å². The number of carbonyl (C=O) groups is 2. The molecule has 3 aromatic rings. The minimum absolute atomic E-state index is 0.0219. The summed E-state index contributed by atoms with van der Waals surface area (Å²) in [6.07, 6.45) is 0.714. The molecule has 1 fully saturated rings. The van der Waals surface area contributed by atoms with E-state index in [9.17, 15) is 18.0 Å². The smallest absolute Gasteiger partial charge is 0.311 e. The van der Waals surface area contributed by atoms with Crippen molar-refractivity contribution in [3.63, 3.8) is 0 Å². The first kappa shape index (κ1) is 23.9. The van der Waals surface area contributed by atoms with Crippen LogP contribution >= 0.6 is 0 Å². The lowest BCUT2D eigenvalue weighted by Gasteiger charge is -2.27. The lowest BCUT2D eigenvalue weighted by molar-refractivity contribution is -0.152. The summed E-state index contributed by atoms with van der Waals surface area (Å²) in [4.78, 5) is 28.3. The van der Waals surface area contributed by atoms with Gasteiger partial charge in [-0.1, -0.05) is 24.3 Å². The number of para-hydroxylation sites is 1. The number of fused-ring (bicyclic) bond motifs is 1. The number of hydrogen-bond donors (Lipinski definition) is 2. The summed E-state index contributed by atoms with van der Waals surface area (Å²) in [7, 11) is -3.72. The Kier molecular flexibility index (Phi) is 7.01. The molecule has 4 rings (SSSR count). The third kappa shape index (κ3) is 5.14. The van der Waals surface area contributed by atoms with Crippen molar-refractivity contribution in [3.8, 4) is 0 Å². The molecule has 1 aromatic heterocycles. The predicted molar refractivity (Wildman–Crippen MR) is 127 cm³/mol. The number of carbonyl (C=O) groups excluding carboxylic acids is 2. The molecule has 0 unspecified atom stereocenters. The first-order valence-electron chi connectivity index (χ1n) is 11.0. The van der Waals surface area contributed by atoms with Crippen LogP contribution in [0.2, 0.25) is 0 Å². The van der Waals surface area contributed by atoms with Gasteiger partial charge in [0.25, 0.3) is 5.91 Å². The molecule has 1 atom stereocenters. The fraction of sp³-hybridized carbons (Fsp3) is 0.333. The molecule has 180 valence electrons. The van der Waals surface area contributed by atoms with Gasteiger partial charge in [0.1, 0.15) is 0 Å². The van der Waals surface area contributed by atoms with Crippen LogP contribution in [-0.2, 0) is 35.5 Å². The number of nitrogens with zero attached hydrogens (tertiary/aromatic N) is 1. The topological polar surface area (TPSA) is 118 Å². The summed E-state index contributed by atoms with van der Waals surface area (Å²) in [5, 5.41) is 3.57. The normalized spacial score (nSPS) is 15.7. The molecule has 0 aliphatic carbocycles. The van der Waals surface area contributed by atoms with Crippen LogP contribution < -0.4 is 5.32 Å². The fourth-order valence-corrected chi connectivity index (χ4v) is 5.51. The zero-order valence-electron chi connectivity index (χ0n) is 19.0. The van der Waals surface area contributed by atoms with Gasteiger partial charge in [-0.25, -0.2) is 8.42 Å². The quantitative estimate of drug-likeness (QED) is 0.497. The molecule has 1 saturated heterocycles. The minimum atomic E-state index is -3.72. The molecule has 0 radical (unpaired) electrons. The highest BCUT2D eigenvalue weighted by molar-refractivity contribution is 7.89. The van der Waals surface area contributed by atoms with Gasteiger partial charge in [0.05, 0.1) is 24.5 Å². The highest BCUT2D eigenvalue weighted by atomic mass is 32.2. The SMILES string of the molecule is Cc1ccc(NC(=O)[C@@H](C)OC(=O)Cc2c[nH]c3ccccc23)cc1S(=O)(=O)N1CCOCC1. The van der Waals surface area contributed by atoms with E-state index in [0.717, 1.165) is 16.5 Å². The lowest BCUT2D eigenvalue weighted by atomic mass is 10.1. The number of amides is 1. The molecule has 2 heterocycles. The molecular formula is C24H27N3O6S. The van der Waals surface area contributed by atoms with Crippen LogP contribution in [-0.4, -0.2) is 62.0 Å². The van der Waals surface area contributed by atoms with Crippen LogP contribution in [0.4, 0.5) is 5.69 Å². The summed E-state index contributed by atoms with van der Waals surface area (Å²) >= 11 is 0. The Labute approximate surface area is 198 Å². The second-order valence-electron chi connectivity index (χ2n) is 8.15. The first-order chi connectivity index (χ1) is 16.3. The summed E-state index contributed by atoms with van der Waals surface area (Å²) in [6, 6.07) is 12.3. The number of anilines is 1. The van der Waals surface area contributed by atoms with Crippen LogP contribution in [0, 0.1) is 6.92 Å². The van der Waals surface area contributed by atoms with Crippen LogP contribution in [0.25, 0.3) is 10.9 Å². The van der Waals surface area contributed by atoms with E-state index in [1.807, 2.05) is 24.3 Å². The Morgan fingerprint density at radius 1 is 1.18 bits per heavy atom. The molecule has 1 amide bonds. The van der Waals surface area contributed by atoms with Crippen LogP contribution in [0.5, 0.6) is 0 Å². The standard InChI is InChI=1S/C24H27N3O6S/c1-16-7-8-19(14-22(16)34(30,31)27-9-11-32-12-10-27)26-24(29)17(2)33-23(28)13-18-15-25-21-6-4-3-5-20(18)21/h3-8,14-15,17,25H,9-13H2,1-2H3,(H,26,29)/t17-/m1/s1. The zero-order valence-corrected chi connectivity index (χ0v) is 19.9. The molecule has 9 nitrogen and oxygen atoms in total. The van der Waals surface area contributed by atoms with E-state index in [4.69, 9.17) is 9.47 Å². The molecule has 2 aromatic carbocycles. The van der Waals surface area contributed by atoms with E-state index in [2.05, 4.69) is 10.3 Å². The number of rotatable bonds is 7. The van der Waals surface area contributed by atoms with Crippen molar-refractivity contribution in [3.05, 3.63) is 59.8 Å². The van der Waals surface area contributed by atoms with Crippen molar-refractivity contribution in [1.29, 1.82) is 0 Å². The number of morpholine rings is 1. The van der Waals surface area contributed by atoms with E-state index in [-0.39, 0.29) is 24.4 Å². The zero-order chi connectivity index (χ0) is 24.3. The van der Waals surface area contributed by atoms with Gasteiger partial charge in [-0.05, 0) is 43.2 Å². The molecule has 10 heteroatoms. The number of aromatic nitrogens is 1. The van der Waals surface area contributed by atoms with Gasteiger partial charge in [0.15, 0.2) is 6.10 Å². The van der Waals surface area contributed by atoms with E-state index in [1.54, 1.807) is 25.3 Å². The highest BCUT2D eigenvalue weighted by Crippen LogP contribution is 2.25. The van der Waals surface area contributed by atoms with Gasteiger partial charge in [-0.3, -0.25) is 9.59 Å². The van der Waals surface area contributed by atoms with Gasteiger partial charge >= 0.3 is 5.97 Å². The van der Waals surface area contributed by atoms with Crippen molar-refractivity contribution >= 4 is 38.5 Å². The third-order valence-corrected chi connectivity index (χ3v) is 7.77. The van der Waals surface area contributed by atoms with Gasteiger partial charge in [-0.2, -0.15) is 4.31 Å². The van der Waals surface area contributed by atoms with E-state index < -0.39 is 28.0 Å². The molecule has 1 aliphatic rings. The predicted octanol–water partition coefficient (Wildman–Crippen LogP) is 2.61. The average Bonchev–Trinajstić information content (AvgIpc) is 3.23. The molecule has 34 heavy (non-hydrogen) atoms. The number of aromatic amines is 1. The van der Waals surface area contributed by atoms with E-state index in [1.165, 1.54) is 17.3 Å². The Bertz CT molecular complexity index is 1310. The summed E-state index contributed by atoms with van der Waals surface area (Å²) in [5.74, 6) is -1.09. The largest absolute Gasteiger partial charge is 0.452 e. The minimum Gasteiger partial charge on any atom is -0.452 e. The van der Waals surface area contributed by atoms with Gasteiger partial charge in [0, 0.05) is 35.9 Å². The average molecular weight is 486 g/mol. The van der Waals surface area contributed by atoms with Crippen molar-refractivity contribution in [2.75, 3.05) is 31.6 Å². The monoisotopic (exact) mass is 485 g/mol. The van der Waals surface area contributed by atoms with Crippen LogP contribution in [0.3, 0.4) is 0 Å². The molecule has 0 spiro atoms. The molecule has 2 N–H and O–H groups in total. The number of aryl methyl sites for hydroxylation is 1. The molecule has 0 saturated carbocycles. The molecule has 0 bridgehead atoms. The van der Waals surface area contributed by atoms with Crippen molar-refractivity contribution < 1.29 is 27.5 Å². The first-order valence-corrected chi connectivity index (χ1v) is 12.4. The van der Waals surface area contributed by atoms with Gasteiger partial charge in [-0.15, -0.1) is 0 Å². The summed E-state index contributed by atoms with van der Waals surface area (Å²) < 4.78 is 38.0. The number of H-pyrrole nitrogens is 1. The number of nitrogens with one attached hydrogen (secondary N) is 2. The molecule has 1 aliphatic heterocycles. The van der Waals surface area contributed by atoms with Crippen molar-refractivity contribution in [2.45, 2.75) is 31.3 Å². The summed E-state index contributed by atoms with van der Waals surface area (Å²) in [5.41, 5.74) is 2.58. The summed E-state index contributed by atoms with van der Waals surface area (Å²) in [6.45, 7) is 4.42. The third-order valence-electron chi connectivity index (χ3n) is 5.73.